The SMILES string of the molecule is O=C(Nc1ccc(Br)cc1-c1nnn[nH]1)c1cc2cccc(NC(=O)C3CCC3)c2[nH]1. The third kappa shape index (κ3) is 3.81. The first-order valence-electron chi connectivity index (χ1n) is 9.86. The van der Waals surface area contributed by atoms with Crippen molar-refractivity contribution in [2.75, 3.05) is 10.6 Å². The summed E-state index contributed by atoms with van der Waals surface area (Å²) in [7, 11) is 0. The topological polar surface area (TPSA) is 128 Å². The fraction of sp³-hybridized carbons (Fsp3) is 0.190. The van der Waals surface area contributed by atoms with E-state index in [0.29, 0.717) is 28.5 Å². The molecule has 2 aromatic heterocycles. The molecule has 4 aromatic rings. The van der Waals surface area contributed by atoms with Crippen molar-refractivity contribution in [3.05, 3.63) is 52.6 Å². The van der Waals surface area contributed by atoms with Gasteiger partial charge in [-0.15, -0.1) is 5.10 Å². The normalized spacial score (nSPS) is 13.7. The summed E-state index contributed by atoms with van der Waals surface area (Å²) in [6, 6.07) is 12.8. The van der Waals surface area contributed by atoms with Crippen molar-refractivity contribution in [3.8, 4) is 11.4 Å². The van der Waals surface area contributed by atoms with Gasteiger partial charge >= 0.3 is 0 Å². The van der Waals surface area contributed by atoms with Crippen LogP contribution in [-0.2, 0) is 4.79 Å². The van der Waals surface area contributed by atoms with Crippen LogP contribution in [0.25, 0.3) is 22.3 Å². The molecule has 0 atom stereocenters. The maximum atomic E-state index is 13.0. The Morgan fingerprint density at radius 1 is 1.06 bits per heavy atom. The number of aromatic amines is 2. The second-order valence-electron chi connectivity index (χ2n) is 7.46. The highest BCUT2D eigenvalue weighted by molar-refractivity contribution is 9.10. The second-order valence-corrected chi connectivity index (χ2v) is 8.38. The summed E-state index contributed by atoms with van der Waals surface area (Å²) >= 11 is 3.43. The first kappa shape index (κ1) is 19.4. The monoisotopic (exact) mass is 479 g/mol. The van der Waals surface area contributed by atoms with Gasteiger partial charge in [-0.05, 0) is 53.6 Å². The van der Waals surface area contributed by atoms with E-state index in [2.05, 4.69) is 52.2 Å². The van der Waals surface area contributed by atoms with Crippen LogP contribution in [0.1, 0.15) is 29.8 Å². The van der Waals surface area contributed by atoms with Gasteiger partial charge in [-0.25, -0.2) is 5.10 Å². The number of carbonyl (C=O) groups is 2. The molecule has 0 spiro atoms. The number of H-pyrrole nitrogens is 2. The van der Waals surface area contributed by atoms with E-state index in [1.807, 2.05) is 30.3 Å². The van der Waals surface area contributed by atoms with E-state index in [-0.39, 0.29) is 17.7 Å². The summed E-state index contributed by atoms with van der Waals surface area (Å²) in [5, 5.41) is 20.6. The zero-order valence-electron chi connectivity index (χ0n) is 16.3. The van der Waals surface area contributed by atoms with Crippen LogP contribution in [0.4, 0.5) is 11.4 Å². The molecule has 2 heterocycles. The first-order valence-corrected chi connectivity index (χ1v) is 10.7. The molecule has 2 aromatic carbocycles. The van der Waals surface area contributed by atoms with E-state index in [0.717, 1.165) is 34.6 Å². The van der Waals surface area contributed by atoms with Gasteiger partial charge in [0.2, 0.25) is 5.91 Å². The lowest BCUT2D eigenvalue weighted by atomic mass is 9.85. The van der Waals surface area contributed by atoms with Crippen molar-refractivity contribution < 1.29 is 9.59 Å². The van der Waals surface area contributed by atoms with Gasteiger partial charge in [-0.3, -0.25) is 9.59 Å². The van der Waals surface area contributed by atoms with Crippen molar-refractivity contribution in [1.29, 1.82) is 0 Å². The maximum Gasteiger partial charge on any atom is 0.272 e. The maximum absolute atomic E-state index is 13.0. The average Bonchev–Trinajstić information content (AvgIpc) is 3.38. The van der Waals surface area contributed by atoms with E-state index >= 15 is 0 Å². The van der Waals surface area contributed by atoms with Crippen molar-refractivity contribution in [3.63, 3.8) is 0 Å². The number of hydrogen-bond donors (Lipinski definition) is 4. The summed E-state index contributed by atoms with van der Waals surface area (Å²) in [5.74, 6) is 0.228. The number of para-hydroxylation sites is 1. The summed E-state index contributed by atoms with van der Waals surface area (Å²) < 4.78 is 0.828. The van der Waals surface area contributed by atoms with Crippen LogP contribution < -0.4 is 10.6 Å². The second kappa shape index (κ2) is 7.95. The number of nitrogens with zero attached hydrogens (tertiary/aromatic N) is 3. The first-order chi connectivity index (χ1) is 15.1. The van der Waals surface area contributed by atoms with E-state index in [4.69, 9.17) is 0 Å². The number of tetrazole rings is 1. The number of nitrogens with one attached hydrogen (secondary N) is 4. The minimum atomic E-state index is -0.316. The number of aromatic nitrogens is 5. The quantitative estimate of drug-likeness (QED) is 0.342. The molecule has 4 N–H and O–H groups in total. The predicted octanol–water partition coefficient (Wildman–Crippen LogP) is 4.10. The Hall–Kier alpha value is -3.53. The largest absolute Gasteiger partial charge is 0.349 e. The summed E-state index contributed by atoms with van der Waals surface area (Å²) in [6.45, 7) is 0. The minimum absolute atomic E-state index is 0.0273. The molecule has 31 heavy (non-hydrogen) atoms. The van der Waals surface area contributed by atoms with E-state index in [1.165, 1.54) is 0 Å². The third-order valence-corrected chi connectivity index (χ3v) is 5.96. The fourth-order valence-corrected chi connectivity index (χ4v) is 3.93. The van der Waals surface area contributed by atoms with Gasteiger partial charge in [0, 0.05) is 21.3 Å². The average molecular weight is 480 g/mol. The molecule has 1 fully saturated rings. The van der Waals surface area contributed by atoms with Gasteiger partial charge in [0.15, 0.2) is 5.82 Å². The van der Waals surface area contributed by atoms with Crippen LogP contribution in [0.3, 0.4) is 0 Å². The lowest BCUT2D eigenvalue weighted by Crippen LogP contribution is -2.28. The highest BCUT2D eigenvalue weighted by Crippen LogP contribution is 2.31. The van der Waals surface area contributed by atoms with Gasteiger partial charge in [0.05, 0.1) is 16.9 Å². The number of anilines is 2. The predicted molar refractivity (Wildman–Crippen MR) is 120 cm³/mol. The van der Waals surface area contributed by atoms with Crippen LogP contribution in [0.2, 0.25) is 0 Å². The van der Waals surface area contributed by atoms with Gasteiger partial charge < -0.3 is 15.6 Å². The zero-order valence-corrected chi connectivity index (χ0v) is 17.9. The number of rotatable bonds is 5. The molecular formula is C21H18BrN7O2. The number of halogens is 1. The third-order valence-electron chi connectivity index (χ3n) is 5.46. The Balaban J connectivity index is 1.42. The molecule has 9 nitrogen and oxygen atoms in total. The summed E-state index contributed by atoms with van der Waals surface area (Å²) in [5.41, 5.74) is 2.98. The molecular weight excluding hydrogens is 462 g/mol. The Morgan fingerprint density at radius 2 is 1.94 bits per heavy atom. The van der Waals surface area contributed by atoms with Crippen molar-refractivity contribution in [2.24, 2.45) is 5.92 Å². The number of fused-ring (bicyclic) bond motifs is 1. The smallest absolute Gasteiger partial charge is 0.272 e. The Morgan fingerprint density at radius 3 is 2.68 bits per heavy atom. The van der Waals surface area contributed by atoms with Crippen molar-refractivity contribution in [2.45, 2.75) is 19.3 Å². The number of carbonyl (C=O) groups excluding carboxylic acids is 2. The van der Waals surface area contributed by atoms with E-state index in [9.17, 15) is 9.59 Å². The Kier molecular flexibility index (Phi) is 4.99. The standard InChI is InChI=1S/C21H18BrN7O2/c22-13-7-8-15(14(10-13)19-26-28-29-27-19)24-21(31)17-9-12-5-2-6-16(18(12)23-17)25-20(30)11-3-1-4-11/h2,5-11,23H,1,3-4H2,(H,24,31)(H,25,30)(H,26,27,28,29). The molecule has 0 aliphatic heterocycles. The number of hydrogen-bond acceptors (Lipinski definition) is 5. The molecule has 156 valence electrons. The lowest BCUT2D eigenvalue weighted by Gasteiger charge is -2.24. The molecule has 1 aliphatic carbocycles. The fourth-order valence-electron chi connectivity index (χ4n) is 3.57. The van der Waals surface area contributed by atoms with E-state index in [1.54, 1.807) is 12.1 Å². The number of amides is 2. The van der Waals surface area contributed by atoms with Crippen molar-refractivity contribution >= 4 is 50.0 Å². The van der Waals surface area contributed by atoms with Crippen LogP contribution in [0, 0.1) is 5.92 Å². The Bertz CT molecular complexity index is 1280. The molecule has 0 unspecified atom stereocenters. The number of benzene rings is 2. The van der Waals surface area contributed by atoms with Crippen LogP contribution >= 0.6 is 15.9 Å². The van der Waals surface area contributed by atoms with Crippen molar-refractivity contribution in [1.82, 2.24) is 25.6 Å². The van der Waals surface area contributed by atoms with Gasteiger partial charge in [-0.2, -0.15) is 0 Å². The Labute approximate surface area is 185 Å². The lowest BCUT2D eigenvalue weighted by molar-refractivity contribution is -0.122. The molecule has 1 aliphatic rings. The molecule has 2 amide bonds. The van der Waals surface area contributed by atoms with Gasteiger partial charge in [0.1, 0.15) is 5.69 Å². The minimum Gasteiger partial charge on any atom is -0.349 e. The molecule has 10 heteroatoms. The molecule has 0 radical (unpaired) electrons. The highest BCUT2D eigenvalue weighted by Gasteiger charge is 2.25. The summed E-state index contributed by atoms with van der Waals surface area (Å²) in [4.78, 5) is 28.5. The molecule has 0 bridgehead atoms. The highest BCUT2D eigenvalue weighted by atomic mass is 79.9. The zero-order chi connectivity index (χ0) is 21.4. The van der Waals surface area contributed by atoms with Gasteiger partial charge in [0.25, 0.3) is 5.91 Å². The molecule has 1 saturated carbocycles. The van der Waals surface area contributed by atoms with Gasteiger partial charge in [-0.1, -0.05) is 34.5 Å². The molecule has 5 rings (SSSR count). The summed E-state index contributed by atoms with van der Waals surface area (Å²) in [6.07, 6.45) is 2.95. The van der Waals surface area contributed by atoms with Crippen LogP contribution in [0.5, 0.6) is 0 Å². The van der Waals surface area contributed by atoms with Crippen LogP contribution in [-0.4, -0.2) is 37.4 Å². The molecule has 0 saturated heterocycles. The van der Waals surface area contributed by atoms with E-state index < -0.39 is 0 Å². The van der Waals surface area contributed by atoms with Crippen LogP contribution in [0.15, 0.2) is 46.9 Å².